The van der Waals surface area contributed by atoms with E-state index in [-0.39, 0.29) is 12.7 Å². The van der Waals surface area contributed by atoms with E-state index in [1.807, 2.05) is 36.4 Å². The quantitative estimate of drug-likeness (QED) is 0.599. The van der Waals surface area contributed by atoms with Crippen LogP contribution in [0.4, 0.5) is 5.69 Å². The molecule has 2 aliphatic rings. The van der Waals surface area contributed by atoms with E-state index in [1.54, 1.807) is 13.1 Å². The number of nitrogens with zero attached hydrogens (tertiary/aromatic N) is 2. The van der Waals surface area contributed by atoms with Gasteiger partial charge in [0.05, 0.1) is 15.6 Å². The molecule has 1 amide bonds. The highest BCUT2D eigenvalue weighted by molar-refractivity contribution is 9.10. The molecular formula is C18H12BrClN2O3S. The third-order valence-corrected chi connectivity index (χ3v) is 6.12. The fourth-order valence-electron chi connectivity index (χ4n) is 2.47. The van der Waals surface area contributed by atoms with Crippen molar-refractivity contribution in [3.63, 3.8) is 0 Å². The van der Waals surface area contributed by atoms with Gasteiger partial charge < -0.3 is 9.47 Å². The summed E-state index contributed by atoms with van der Waals surface area (Å²) in [5, 5.41) is 1.17. The number of hydrogen-bond acceptors (Lipinski definition) is 5. The number of carbonyl (C=O) groups excluding carboxylic acids is 1. The summed E-state index contributed by atoms with van der Waals surface area (Å²) in [6.07, 6.45) is 1.82. The van der Waals surface area contributed by atoms with Crippen LogP contribution in [0.5, 0.6) is 11.5 Å². The number of thioether (sulfide) groups is 1. The average molecular weight is 452 g/mol. The van der Waals surface area contributed by atoms with Gasteiger partial charge in [-0.2, -0.15) is 0 Å². The molecule has 0 saturated carbocycles. The lowest BCUT2D eigenvalue weighted by molar-refractivity contribution is -0.121. The van der Waals surface area contributed by atoms with E-state index in [4.69, 9.17) is 21.1 Å². The summed E-state index contributed by atoms with van der Waals surface area (Å²) in [6, 6.07) is 11.0. The molecular weight excluding hydrogens is 440 g/mol. The fraction of sp³-hybridized carbons (Fsp3) is 0.111. The molecule has 26 heavy (non-hydrogen) atoms. The Balaban J connectivity index is 1.62. The first-order chi connectivity index (χ1) is 12.5. The molecule has 132 valence electrons. The smallest absolute Gasteiger partial charge is 0.266 e. The van der Waals surface area contributed by atoms with Crippen LogP contribution >= 0.6 is 39.3 Å². The first kappa shape index (κ1) is 17.5. The normalized spacial score (nSPS) is 19.0. The van der Waals surface area contributed by atoms with Crippen LogP contribution < -0.4 is 9.47 Å². The highest BCUT2D eigenvalue weighted by atomic mass is 79.9. The molecule has 0 aliphatic carbocycles. The molecule has 8 heteroatoms. The summed E-state index contributed by atoms with van der Waals surface area (Å²) < 4.78 is 11.5. The van der Waals surface area contributed by atoms with Crippen LogP contribution in [0.3, 0.4) is 0 Å². The van der Waals surface area contributed by atoms with Crippen molar-refractivity contribution in [2.24, 2.45) is 4.99 Å². The number of benzene rings is 2. The maximum atomic E-state index is 12.5. The van der Waals surface area contributed by atoms with Crippen LogP contribution in [0.1, 0.15) is 5.56 Å². The highest BCUT2D eigenvalue weighted by Crippen LogP contribution is 2.37. The van der Waals surface area contributed by atoms with Crippen molar-refractivity contribution in [3.05, 3.63) is 56.4 Å². The molecule has 0 aromatic heterocycles. The summed E-state index contributed by atoms with van der Waals surface area (Å²) >= 11 is 10.8. The Bertz CT molecular complexity index is 977. The lowest BCUT2D eigenvalue weighted by Gasteiger charge is -2.07. The van der Waals surface area contributed by atoms with Crippen molar-refractivity contribution in [1.82, 2.24) is 4.90 Å². The van der Waals surface area contributed by atoms with Crippen molar-refractivity contribution in [2.75, 3.05) is 13.8 Å². The predicted octanol–water partition coefficient (Wildman–Crippen LogP) is 5.07. The van der Waals surface area contributed by atoms with Gasteiger partial charge in [-0.15, -0.1) is 0 Å². The van der Waals surface area contributed by atoms with Gasteiger partial charge in [-0.3, -0.25) is 9.69 Å². The van der Waals surface area contributed by atoms with Gasteiger partial charge in [0.25, 0.3) is 5.91 Å². The first-order valence-electron chi connectivity index (χ1n) is 7.62. The standard InChI is InChI=1S/C18H12BrClN2O3S/c1-22-17(23)16(7-10-2-5-14-15(6-10)25-9-24-14)26-18(22)21-11-3-4-12(19)13(20)8-11/h2-8H,9H2,1H3/b16-7-,21-18?. The van der Waals surface area contributed by atoms with E-state index in [0.29, 0.717) is 32.3 Å². The summed E-state index contributed by atoms with van der Waals surface area (Å²) in [7, 11) is 1.70. The zero-order chi connectivity index (χ0) is 18.3. The molecule has 0 atom stereocenters. The minimum absolute atomic E-state index is 0.102. The lowest BCUT2D eigenvalue weighted by Crippen LogP contribution is -2.23. The number of aliphatic imine (C=N–C) groups is 1. The van der Waals surface area contributed by atoms with E-state index in [1.165, 1.54) is 16.7 Å². The minimum atomic E-state index is -0.102. The van der Waals surface area contributed by atoms with E-state index < -0.39 is 0 Å². The summed E-state index contributed by atoms with van der Waals surface area (Å²) in [6.45, 7) is 0.221. The zero-order valence-corrected chi connectivity index (χ0v) is 16.7. The van der Waals surface area contributed by atoms with Crippen molar-refractivity contribution in [1.29, 1.82) is 0 Å². The number of fused-ring (bicyclic) bond motifs is 1. The Kier molecular flexibility index (Phi) is 4.69. The van der Waals surface area contributed by atoms with Crippen LogP contribution in [0.2, 0.25) is 5.02 Å². The van der Waals surface area contributed by atoms with Crippen molar-refractivity contribution in [3.8, 4) is 11.5 Å². The molecule has 2 aliphatic heterocycles. The Morgan fingerprint density at radius 1 is 1.23 bits per heavy atom. The monoisotopic (exact) mass is 450 g/mol. The number of ether oxygens (including phenoxy) is 2. The Labute approximate surface area is 167 Å². The maximum Gasteiger partial charge on any atom is 0.266 e. The van der Waals surface area contributed by atoms with Crippen molar-refractivity contribution in [2.45, 2.75) is 0 Å². The molecule has 0 bridgehead atoms. The molecule has 0 unspecified atom stereocenters. The maximum absolute atomic E-state index is 12.5. The Morgan fingerprint density at radius 2 is 2.04 bits per heavy atom. The van der Waals surface area contributed by atoms with Crippen molar-refractivity contribution < 1.29 is 14.3 Å². The first-order valence-corrected chi connectivity index (χ1v) is 9.61. The molecule has 0 N–H and O–H groups in total. The number of amidine groups is 1. The minimum Gasteiger partial charge on any atom is -0.454 e. The zero-order valence-electron chi connectivity index (χ0n) is 13.5. The SMILES string of the molecule is CN1C(=O)/C(=C/c2ccc3c(c2)OCO3)SC1=Nc1ccc(Br)c(Cl)c1. The van der Waals surface area contributed by atoms with Crippen LogP contribution in [-0.4, -0.2) is 29.8 Å². The van der Waals surface area contributed by atoms with Crippen molar-refractivity contribution >= 4 is 62.1 Å². The van der Waals surface area contributed by atoms with Crippen LogP contribution in [0.25, 0.3) is 6.08 Å². The predicted molar refractivity (Wildman–Crippen MR) is 107 cm³/mol. The highest BCUT2D eigenvalue weighted by Gasteiger charge is 2.30. The number of likely N-dealkylation sites (N-methyl/N-ethyl adjacent to an activating group) is 1. The van der Waals surface area contributed by atoms with Gasteiger partial charge in [-0.25, -0.2) is 4.99 Å². The van der Waals surface area contributed by atoms with Crippen LogP contribution in [-0.2, 0) is 4.79 Å². The van der Waals surface area contributed by atoms with Crippen LogP contribution in [0, 0.1) is 0 Å². The molecule has 0 spiro atoms. The van der Waals surface area contributed by atoms with E-state index in [9.17, 15) is 4.79 Å². The second-order valence-corrected chi connectivity index (χ2v) is 7.85. The van der Waals surface area contributed by atoms with Gasteiger partial charge in [0.2, 0.25) is 6.79 Å². The number of rotatable bonds is 2. The van der Waals surface area contributed by atoms with Gasteiger partial charge in [-0.1, -0.05) is 17.7 Å². The number of carbonyl (C=O) groups is 1. The molecule has 2 aromatic carbocycles. The number of amides is 1. The summed E-state index contributed by atoms with van der Waals surface area (Å²) in [5.41, 5.74) is 1.55. The van der Waals surface area contributed by atoms with Gasteiger partial charge in [0.1, 0.15) is 0 Å². The van der Waals surface area contributed by atoms with Gasteiger partial charge in [0, 0.05) is 11.5 Å². The van der Waals surface area contributed by atoms with Gasteiger partial charge >= 0.3 is 0 Å². The summed E-state index contributed by atoms with van der Waals surface area (Å²) in [4.78, 5) is 19.2. The third-order valence-electron chi connectivity index (χ3n) is 3.83. The fourth-order valence-corrected chi connectivity index (χ4v) is 3.88. The lowest BCUT2D eigenvalue weighted by atomic mass is 10.2. The van der Waals surface area contributed by atoms with Crippen LogP contribution in [0.15, 0.2) is 50.8 Å². The number of hydrogen-bond donors (Lipinski definition) is 0. The van der Waals surface area contributed by atoms with E-state index >= 15 is 0 Å². The Morgan fingerprint density at radius 3 is 2.85 bits per heavy atom. The van der Waals surface area contributed by atoms with E-state index in [0.717, 1.165) is 10.0 Å². The summed E-state index contributed by atoms with van der Waals surface area (Å²) in [5.74, 6) is 1.29. The largest absolute Gasteiger partial charge is 0.454 e. The Hall–Kier alpha value is -1.96. The average Bonchev–Trinajstić information content (AvgIpc) is 3.19. The molecule has 0 radical (unpaired) electrons. The molecule has 1 fully saturated rings. The second kappa shape index (κ2) is 6.98. The molecule has 2 heterocycles. The van der Waals surface area contributed by atoms with Gasteiger partial charge in [-0.05, 0) is 69.7 Å². The van der Waals surface area contributed by atoms with Gasteiger partial charge in [0.15, 0.2) is 16.7 Å². The third kappa shape index (κ3) is 3.34. The molecule has 2 aromatic rings. The molecule has 5 nitrogen and oxygen atoms in total. The second-order valence-electron chi connectivity index (χ2n) is 5.58. The topological polar surface area (TPSA) is 51.1 Å². The molecule has 4 rings (SSSR count). The number of halogens is 2. The van der Waals surface area contributed by atoms with E-state index in [2.05, 4.69) is 20.9 Å². The molecule has 1 saturated heterocycles.